The molecule has 0 bridgehead atoms. The van der Waals surface area contributed by atoms with E-state index >= 15 is 0 Å². The summed E-state index contributed by atoms with van der Waals surface area (Å²) in [6.45, 7) is 14.7. The van der Waals surface area contributed by atoms with Crippen molar-refractivity contribution < 1.29 is 0 Å². The normalized spacial score (nSPS) is 38.9. The Morgan fingerprint density at radius 1 is 0.960 bits per heavy atom. The summed E-state index contributed by atoms with van der Waals surface area (Å²) < 4.78 is 0. The molecule has 3 rings (SSSR count). The molecule has 1 unspecified atom stereocenters. The van der Waals surface area contributed by atoms with E-state index in [0.717, 1.165) is 29.7 Å². The monoisotopic (exact) mass is 347 g/mol. The summed E-state index contributed by atoms with van der Waals surface area (Å²) in [6, 6.07) is 0. The fourth-order valence-corrected chi connectivity index (χ4v) is 7.00. The predicted octanol–water partition coefficient (Wildman–Crippen LogP) is 6.82. The number of hydrogen-bond acceptors (Lipinski definition) is 1. The molecule has 1 heteroatoms. The minimum Gasteiger partial charge on any atom is -0.316 e. The zero-order valence-electron chi connectivity index (χ0n) is 17.9. The van der Waals surface area contributed by atoms with Crippen molar-refractivity contribution >= 4 is 0 Å². The van der Waals surface area contributed by atoms with Crippen molar-refractivity contribution in [2.45, 2.75) is 105 Å². The van der Waals surface area contributed by atoms with E-state index in [1.165, 1.54) is 77.2 Å². The Morgan fingerprint density at radius 2 is 1.56 bits per heavy atom. The van der Waals surface area contributed by atoms with Gasteiger partial charge >= 0.3 is 0 Å². The smallest absolute Gasteiger partial charge is 0.00102 e. The second kappa shape index (κ2) is 7.53. The lowest BCUT2D eigenvalue weighted by molar-refractivity contribution is -0.0920. The zero-order chi connectivity index (χ0) is 18.1. The van der Waals surface area contributed by atoms with Crippen LogP contribution in [0, 0.1) is 34.0 Å². The van der Waals surface area contributed by atoms with Crippen molar-refractivity contribution in [2.24, 2.45) is 34.0 Å². The molecule has 0 aromatic heterocycles. The Balaban J connectivity index is 1.49. The van der Waals surface area contributed by atoms with Gasteiger partial charge in [-0.15, -0.1) is 0 Å². The molecule has 146 valence electrons. The average Bonchev–Trinajstić information content (AvgIpc) is 3.03. The van der Waals surface area contributed by atoms with Crippen LogP contribution in [0.4, 0.5) is 0 Å². The molecule has 0 saturated heterocycles. The van der Waals surface area contributed by atoms with Crippen molar-refractivity contribution in [1.29, 1.82) is 0 Å². The molecule has 1 nitrogen and oxygen atoms in total. The first-order valence-corrected chi connectivity index (χ1v) is 11.5. The molecule has 0 aromatic rings. The van der Waals surface area contributed by atoms with Gasteiger partial charge in [-0.05, 0) is 98.3 Å². The third-order valence-corrected chi connectivity index (χ3v) is 9.18. The minimum absolute atomic E-state index is 0.623. The fourth-order valence-electron chi connectivity index (χ4n) is 7.00. The quantitative estimate of drug-likeness (QED) is 0.533. The number of rotatable bonds is 7. The van der Waals surface area contributed by atoms with Crippen LogP contribution in [-0.2, 0) is 0 Å². The summed E-state index contributed by atoms with van der Waals surface area (Å²) in [5, 5.41) is 3.70. The maximum Gasteiger partial charge on any atom is 0.00102 e. The lowest BCUT2D eigenvalue weighted by atomic mass is 9.45. The molecule has 1 N–H and O–H groups in total. The number of hydrogen-bond donors (Lipinski definition) is 1. The first-order valence-electron chi connectivity index (χ1n) is 11.5. The van der Waals surface area contributed by atoms with Crippen molar-refractivity contribution in [3.8, 4) is 0 Å². The van der Waals surface area contributed by atoms with Crippen LogP contribution in [0.25, 0.3) is 0 Å². The molecule has 3 saturated carbocycles. The van der Waals surface area contributed by atoms with Crippen molar-refractivity contribution in [3.05, 3.63) is 0 Å². The molecule has 3 aliphatic carbocycles. The van der Waals surface area contributed by atoms with Gasteiger partial charge in [0.15, 0.2) is 0 Å². The summed E-state index contributed by atoms with van der Waals surface area (Å²) in [4.78, 5) is 0. The van der Waals surface area contributed by atoms with E-state index in [2.05, 4.69) is 39.9 Å². The molecular weight excluding hydrogens is 302 g/mol. The standard InChI is InChI=1S/C24H45N/c1-6-25-18-24(11-7-8-12-24)20(4)15-21-9-13-23(14-10-21)16-22(5,17-23)19(2)3/h19-21,25H,6-18H2,1-5H3. The van der Waals surface area contributed by atoms with Gasteiger partial charge in [0, 0.05) is 6.54 Å². The first-order chi connectivity index (χ1) is 11.8. The van der Waals surface area contributed by atoms with Crippen LogP contribution in [0.2, 0.25) is 0 Å². The third-order valence-electron chi connectivity index (χ3n) is 9.18. The Kier molecular flexibility index (Phi) is 5.94. The molecule has 0 amide bonds. The van der Waals surface area contributed by atoms with Crippen LogP contribution >= 0.6 is 0 Å². The maximum absolute atomic E-state index is 3.70. The first kappa shape index (κ1) is 19.7. The second-order valence-corrected chi connectivity index (χ2v) is 11.1. The summed E-state index contributed by atoms with van der Waals surface area (Å²) in [5.41, 5.74) is 2.03. The molecule has 3 fully saturated rings. The lowest BCUT2D eigenvalue weighted by Gasteiger charge is -2.60. The van der Waals surface area contributed by atoms with E-state index in [1.807, 2.05) is 0 Å². The van der Waals surface area contributed by atoms with E-state index < -0.39 is 0 Å². The van der Waals surface area contributed by atoms with Crippen LogP contribution in [-0.4, -0.2) is 13.1 Å². The Morgan fingerprint density at radius 3 is 2.08 bits per heavy atom. The van der Waals surface area contributed by atoms with Crippen molar-refractivity contribution in [1.82, 2.24) is 5.32 Å². The highest BCUT2D eigenvalue weighted by Gasteiger charge is 2.53. The molecule has 0 aromatic carbocycles. The highest BCUT2D eigenvalue weighted by molar-refractivity contribution is 5.04. The van der Waals surface area contributed by atoms with Crippen LogP contribution in [0.5, 0.6) is 0 Å². The molecule has 3 aliphatic rings. The fraction of sp³-hybridized carbons (Fsp3) is 1.00. The van der Waals surface area contributed by atoms with Gasteiger partial charge in [-0.25, -0.2) is 0 Å². The van der Waals surface area contributed by atoms with E-state index in [-0.39, 0.29) is 0 Å². The second-order valence-electron chi connectivity index (χ2n) is 11.1. The Labute approximate surface area is 158 Å². The minimum atomic E-state index is 0.623. The molecule has 0 aliphatic heterocycles. The zero-order valence-corrected chi connectivity index (χ0v) is 17.9. The Bertz CT molecular complexity index is 415. The van der Waals surface area contributed by atoms with E-state index in [9.17, 15) is 0 Å². The van der Waals surface area contributed by atoms with Gasteiger partial charge in [-0.2, -0.15) is 0 Å². The topological polar surface area (TPSA) is 12.0 Å². The van der Waals surface area contributed by atoms with Crippen molar-refractivity contribution in [3.63, 3.8) is 0 Å². The highest BCUT2D eigenvalue weighted by atomic mass is 14.9. The van der Waals surface area contributed by atoms with Crippen LogP contribution in [0.15, 0.2) is 0 Å². The third kappa shape index (κ3) is 3.97. The summed E-state index contributed by atoms with van der Waals surface area (Å²) >= 11 is 0. The summed E-state index contributed by atoms with van der Waals surface area (Å²) in [7, 11) is 0. The van der Waals surface area contributed by atoms with Crippen LogP contribution in [0.1, 0.15) is 105 Å². The van der Waals surface area contributed by atoms with Gasteiger partial charge < -0.3 is 5.32 Å². The van der Waals surface area contributed by atoms with E-state index in [4.69, 9.17) is 0 Å². The van der Waals surface area contributed by atoms with Gasteiger partial charge in [0.1, 0.15) is 0 Å². The lowest BCUT2D eigenvalue weighted by Crippen LogP contribution is -2.49. The van der Waals surface area contributed by atoms with Crippen molar-refractivity contribution in [2.75, 3.05) is 13.1 Å². The van der Waals surface area contributed by atoms with E-state index in [0.29, 0.717) is 10.8 Å². The van der Waals surface area contributed by atoms with Gasteiger partial charge in [0.05, 0.1) is 0 Å². The molecular formula is C24H45N. The van der Waals surface area contributed by atoms with Gasteiger partial charge in [0.2, 0.25) is 0 Å². The molecule has 25 heavy (non-hydrogen) atoms. The average molecular weight is 348 g/mol. The van der Waals surface area contributed by atoms with Crippen LogP contribution < -0.4 is 5.32 Å². The van der Waals surface area contributed by atoms with Crippen LogP contribution in [0.3, 0.4) is 0 Å². The summed E-state index contributed by atoms with van der Waals surface area (Å²) in [6.07, 6.45) is 16.5. The molecule has 0 heterocycles. The maximum atomic E-state index is 3.70. The predicted molar refractivity (Wildman–Crippen MR) is 110 cm³/mol. The molecule has 0 radical (unpaired) electrons. The largest absolute Gasteiger partial charge is 0.316 e. The van der Waals surface area contributed by atoms with Gasteiger partial charge in [-0.1, -0.05) is 47.5 Å². The summed E-state index contributed by atoms with van der Waals surface area (Å²) in [5.74, 6) is 2.80. The number of nitrogens with one attached hydrogen (secondary N) is 1. The van der Waals surface area contributed by atoms with Gasteiger partial charge in [-0.3, -0.25) is 0 Å². The molecule has 1 atom stereocenters. The van der Waals surface area contributed by atoms with E-state index in [1.54, 1.807) is 0 Å². The van der Waals surface area contributed by atoms with Gasteiger partial charge in [0.25, 0.3) is 0 Å². The Hall–Kier alpha value is -0.0400. The molecule has 1 spiro atoms. The highest BCUT2D eigenvalue weighted by Crippen LogP contribution is 2.64. The SMILES string of the molecule is CCNCC1(C(C)CC2CCC3(CC2)CC(C)(C(C)C)C3)CCCC1.